The van der Waals surface area contributed by atoms with Gasteiger partial charge in [-0.3, -0.25) is 0 Å². The van der Waals surface area contributed by atoms with Crippen LogP contribution in [0.1, 0.15) is 18.0 Å². The molecule has 0 heterocycles. The van der Waals surface area contributed by atoms with E-state index >= 15 is 0 Å². The number of methoxy groups -OCH3 is 3. The first-order valence-corrected chi connectivity index (χ1v) is 5.92. The van der Waals surface area contributed by atoms with Gasteiger partial charge in [-0.15, -0.1) is 0 Å². The van der Waals surface area contributed by atoms with Gasteiger partial charge in [-0.2, -0.15) is 5.26 Å². The van der Waals surface area contributed by atoms with Crippen molar-refractivity contribution in [2.45, 2.75) is 12.5 Å². The standard InChI is InChI=1S/C14H20N2O3/c1-16(2)11(6-7-15)14-12(18-4)8-10(17-3)9-13(14)19-5/h8-9,11H,6H2,1-5H3. The van der Waals surface area contributed by atoms with Crippen LogP contribution < -0.4 is 14.2 Å². The van der Waals surface area contributed by atoms with E-state index in [1.807, 2.05) is 19.0 Å². The van der Waals surface area contributed by atoms with Crippen molar-refractivity contribution in [1.29, 1.82) is 5.26 Å². The summed E-state index contributed by atoms with van der Waals surface area (Å²) < 4.78 is 16.0. The molecule has 1 aromatic rings. The van der Waals surface area contributed by atoms with Crippen LogP contribution in [0.25, 0.3) is 0 Å². The summed E-state index contributed by atoms with van der Waals surface area (Å²) in [7, 11) is 8.62. The van der Waals surface area contributed by atoms with Crippen molar-refractivity contribution in [3.05, 3.63) is 17.7 Å². The Labute approximate surface area is 114 Å². The molecule has 0 aliphatic rings. The van der Waals surface area contributed by atoms with E-state index in [4.69, 9.17) is 19.5 Å². The summed E-state index contributed by atoms with van der Waals surface area (Å²) in [6.07, 6.45) is 0.353. The Balaban J connectivity index is 3.41. The lowest BCUT2D eigenvalue weighted by molar-refractivity contribution is 0.279. The van der Waals surface area contributed by atoms with Crippen molar-refractivity contribution in [3.8, 4) is 23.3 Å². The Kier molecular flexibility index (Phi) is 5.46. The summed E-state index contributed by atoms with van der Waals surface area (Å²) in [4.78, 5) is 1.97. The molecular weight excluding hydrogens is 244 g/mol. The number of nitrogens with zero attached hydrogens (tertiary/aromatic N) is 2. The van der Waals surface area contributed by atoms with E-state index in [0.29, 0.717) is 23.7 Å². The molecule has 19 heavy (non-hydrogen) atoms. The number of hydrogen-bond donors (Lipinski definition) is 0. The van der Waals surface area contributed by atoms with Crippen LogP contribution >= 0.6 is 0 Å². The van der Waals surface area contributed by atoms with Crippen LogP contribution in [0.4, 0.5) is 0 Å². The SMILES string of the molecule is COc1cc(OC)c(C(CC#N)N(C)C)c(OC)c1. The van der Waals surface area contributed by atoms with E-state index in [1.54, 1.807) is 33.5 Å². The Morgan fingerprint density at radius 3 is 1.95 bits per heavy atom. The van der Waals surface area contributed by atoms with Gasteiger partial charge in [0.25, 0.3) is 0 Å². The quantitative estimate of drug-likeness (QED) is 0.788. The lowest BCUT2D eigenvalue weighted by Crippen LogP contribution is -2.21. The number of nitriles is 1. The summed E-state index contributed by atoms with van der Waals surface area (Å²) >= 11 is 0. The molecule has 0 aliphatic heterocycles. The van der Waals surface area contributed by atoms with E-state index in [0.717, 1.165) is 5.56 Å². The first-order chi connectivity index (χ1) is 9.08. The van der Waals surface area contributed by atoms with Gasteiger partial charge in [0.05, 0.1) is 45.4 Å². The summed E-state index contributed by atoms with van der Waals surface area (Å²) in [6, 6.07) is 5.69. The Bertz CT molecular complexity index is 441. The van der Waals surface area contributed by atoms with Crippen molar-refractivity contribution >= 4 is 0 Å². The highest BCUT2D eigenvalue weighted by atomic mass is 16.5. The molecule has 5 heteroatoms. The zero-order chi connectivity index (χ0) is 14.4. The van der Waals surface area contributed by atoms with Crippen molar-refractivity contribution in [2.75, 3.05) is 35.4 Å². The van der Waals surface area contributed by atoms with E-state index in [9.17, 15) is 0 Å². The van der Waals surface area contributed by atoms with Crippen LogP contribution in [0.2, 0.25) is 0 Å². The van der Waals surface area contributed by atoms with E-state index in [1.165, 1.54) is 0 Å². The van der Waals surface area contributed by atoms with E-state index in [2.05, 4.69) is 6.07 Å². The van der Waals surface area contributed by atoms with Crippen molar-refractivity contribution < 1.29 is 14.2 Å². The lowest BCUT2D eigenvalue weighted by atomic mass is 10.0. The number of rotatable bonds is 6. The van der Waals surface area contributed by atoms with Crippen LogP contribution in [-0.4, -0.2) is 40.3 Å². The van der Waals surface area contributed by atoms with Crippen molar-refractivity contribution in [1.82, 2.24) is 4.90 Å². The molecule has 1 unspecified atom stereocenters. The van der Waals surface area contributed by atoms with Gasteiger partial charge < -0.3 is 19.1 Å². The third-order valence-corrected chi connectivity index (χ3v) is 2.99. The fourth-order valence-electron chi connectivity index (χ4n) is 1.99. The molecular formula is C14H20N2O3. The summed E-state index contributed by atoms with van der Waals surface area (Å²) in [5.41, 5.74) is 0.859. The number of hydrogen-bond acceptors (Lipinski definition) is 5. The summed E-state index contributed by atoms with van der Waals surface area (Å²) in [5.74, 6) is 1.97. The Morgan fingerprint density at radius 2 is 1.63 bits per heavy atom. The maximum Gasteiger partial charge on any atom is 0.131 e. The van der Waals surface area contributed by atoms with Crippen LogP contribution in [0.5, 0.6) is 17.2 Å². The first kappa shape index (κ1) is 15.1. The largest absolute Gasteiger partial charge is 0.496 e. The van der Waals surface area contributed by atoms with Gasteiger partial charge in [-0.1, -0.05) is 0 Å². The molecule has 0 N–H and O–H groups in total. The number of ether oxygens (including phenoxy) is 3. The lowest BCUT2D eigenvalue weighted by Gasteiger charge is -2.26. The van der Waals surface area contributed by atoms with Gasteiger partial charge in [0.15, 0.2) is 0 Å². The third kappa shape index (κ3) is 3.30. The highest BCUT2D eigenvalue weighted by Gasteiger charge is 2.24. The van der Waals surface area contributed by atoms with E-state index in [-0.39, 0.29) is 6.04 Å². The second kappa shape index (κ2) is 6.86. The monoisotopic (exact) mass is 264 g/mol. The van der Waals surface area contributed by atoms with Crippen LogP contribution in [0.3, 0.4) is 0 Å². The van der Waals surface area contributed by atoms with Gasteiger partial charge >= 0.3 is 0 Å². The molecule has 0 saturated heterocycles. The minimum absolute atomic E-state index is 0.0965. The molecule has 0 fully saturated rings. The van der Waals surface area contributed by atoms with Crippen LogP contribution in [0.15, 0.2) is 12.1 Å². The van der Waals surface area contributed by atoms with Gasteiger partial charge in [0, 0.05) is 12.1 Å². The predicted molar refractivity (Wildman–Crippen MR) is 72.8 cm³/mol. The van der Waals surface area contributed by atoms with Crippen LogP contribution in [-0.2, 0) is 0 Å². The van der Waals surface area contributed by atoms with Crippen LogP contribution in [0, 0.1) is 11.3 Å². The van der Waals surface area contributed by atoms with Crippen molar-refractivity contribution in [2.24, 2.45) is 0 Å². The average molecular weight is 264 g/mol. The first-order valence-electron chi connectivity index (χ1n) is 5.92. The molecule has 5 nitrogen and oxygen atoms in total. The minimum Gasteiger partial charge on any atom is -0.496 e. The topological polar surface area (TPSA) is 54.7 Å². The summed E-state index contributed by atoms with van der Waals surface area (Å²) in [5, 5.41) is 8.99. The third-order valence-electron chi connectivity index (χ3n) is 2.99. The molecule has 0 spiro atoms. The second-order valence-electron chi connectivity index (χ2n) is 4.29. The average Bonchev–Trinajstić information content (AvgIpc) is 2.43. The zero-order valence-electron chi connectivity index (χ0n) is 12.1. The molecule has 0 saturated carbocycles. The Morgan fingerprint density at radius 1 is 1.11 bits per heavy atom. The number of benzene rings is 1. The molecule has 0 aromatic heterocycles. The highest BCUT2D eigenvalue weighted by molar-refractivity contribution is 5.52. The maximum atomic E-state index is 8.99. The maximum absolute atomic E-state index is 8.99. The van der Waals surface area contributed by atoms with Gasteiger partial charge in [0.1, 0.15) is 17.2 Å². The van der Waals surface area contributed by atoms with Gasteiger partial charge in [-0.05, 0) is 14.1 Å². The van der Waals surface area contributed by atoms with E-state index < -0.39 is 0 Å². The smallest absolute Gasteiger partial charge is 0.131 e. The second-order valence-corrected chi connectivity index (χ2v) is 4.29. The highest BCUT2D eigenvalue weighted by Crippen LogP contribution is 2.40. The molecule has 0 aliphatic carbocycles. The normalized spacial score (nSPS) is 11.8. The fourth-order valence-corrected chi connectivity index (χ4v) is 1.99. The van der Waals surface area contributed by atoms with Crippen molar-refractivity contribution in [3.63, 3.8) is 0 Å². The minimum atomic E-state index is -0.0965. The molecule has 1 atom stereocenters. The zero-order valence-corrected chi connectivity index (χ0v) is 12.1. The molecule has 1 rings (SSSR count). The predicted octanol–water partition coefficient (Wildman–Crippen LogP) is 2.23. The molecule has 0 radical (unpaired) electrons. The van der Waals surface area contributed by atoms with Gasteiger partial charge in [-0.25, -0.2) is 0 Å². The Hall–Kier alpha value is -1.93. The molecule has 104 valence electrons. The van der Waals surface area contributed by atoms with Gasteiger partial charge in [0.2, 0.25) is 0 Å². The molecule has 1 aromatic carbocycles. The molecule has 0 bridgehead atoms. The molecule has 0 amide bonds. The summed E-state index contributed by atoms with van der Waals surface area (Å²) in [6.45, 7) is 0. The fraction of sp³-hybridized carbons (Fsp3) is 0.500.